The second-order valence-corrected chi connectivity index (χ2v) is 7.65. The molecule has 3 aromatic rings. The number of benzene rings is 1. The summed E-state index contributed by atoms with van der Waals surface area (Å²) in [6.07, 6.45) is 5.39. The Hall–Kier alpha value is -1.95. The van der Waals surface area contributed by atoms with E-state index in [2.05, 4.69) is 50.7 Å². The Balaban J connectivity index is 1.33. The van der Waals surface area contributed by atoms with Crippen molar-refractivity contribution in [3.05, 3.63) is 70.7 Å². The highest BCUT2D eigenvalue weighted by Gasteiger charge is 2.16. The Morgan fingerprint density at radius 1 is 0.880 bits per heavy atom. The molecule has 5 heteroatoms. The third-order valence-electron chi connectivity index (χ3n) is 4.70. The Labute approximate surface area is 153 Å². The molecule has 1 aromatic carbocycles. The summed E-state index contributed by atoms with van der Waals surface area (Å²) in [5.41, 5.74) is 2.40. The molecule has 0 atom stereocenters. The molecule has 25 heavy (non-hydrogen) atoms. The van der Waals surface area contributed by atoms with Gasteiger partial charge in [-0.05, 0) is 43.1 Å². The zero-order chi connectivity index (χ0) is 16.9. The lowest BCUT2D eigenvalue weighted by atomic mass is 10.3. The van der Waals surface area contributed by atoms with E-state index in [1.807, 2.05) is 40.4 Å². The van der Waals surface area contributed by atoms with Crippen molar-refractivity contribution in [3.63, 3.8) is 0 Å². The normalized spacial score (nSPS) is 16.8. The van der Waals surface area contributed by atoms with Gasteiger partial charge in [0.05, 0.1) is 11.9 Å². The van der Waals surface area contributed by atoms with Gasteiger partial charge in [-0.3, -0.25) is 9.80 Å². The first-order valence-corrected chi connectivity index (χ1v) is 9.81. The highest BCUT2D eigenvalue weighted by Crippen LogP contribution is 2.15. The summed E-state index contributed by atoms with van der Waals surface area (Å²) in [4.78, 5) is 6.61. The maximum atomic E-state index is 4.52. The quantitative estimate of drug-likeness (QED) is 0.701. The van der Waals surface area contributed by atoms with Crippen molar-refractivity contribution in [2.45, 2.75) is 19.5 Å². The number of aromatic nitrogens is 2. The molecule has 0 radical (unpaired) electrons. The van der Waals surface area contributed by atoms with Crippen LogP contribution in [0.3, 0.4) is 0 Å². The van der Waals surface area contributed by atoms with E-state index in [1.165, 1.54) is 23.4 Å². The predicted molar refractivity (Wildman–Crippen MR) is 103 cm³/mol. The molecule has 0 spiro atoms. The molecule has 1 saturated heterocycles. The van der Waals surface area contributed by atoms with Gasteiger partial charge in [0, 0.05) is 42.8 Å². The van der Waals surface area contributed by atoms with E-state index in [0.717, 1.165) is 38.4 Å². The first-order chi connectivity index (χ1) is 12.4. The number of para-hydroxylation sites is 1. The molecule has 2 aromatic heterocycles. The van der Waals surface area contributed by atoms with Crippen molar-refractivity contribution in [2.75, 3.05) is 26.2 Å². The fraction of sp³-hybridized carbons (Fsp3) is 0.350. The van der Waals surface area contributed by atoms with E-state index < -0.39 is 0 Å². The van der Waals surface area contributed by atoms with Gasteiger partial charge >= 0.3 is 0 Å². The highest BCUT2D eigenvalue weighted by atomic mass is 32.1. The maximum absolute atomic E-state index is 4.52. The monoisotopic (exact) mass is 352 g/mol. The summed E-state index contributed by atoms with van der Waals surface area (Å²) < 4.78 is 1.97. The summed E-state index contributed by atoms with van der Waals surface area (Å²) in [7, 11) is 0. The van der Waals surface area contributed by atoms with Crippen molar-refractivity contribution in [2.24, 2.45) is 0 Å². The van der Waals surface area contributed by atoms with Crippen molar-refractivity contribution in [3.8, 4) is 5.69 Å². The van der Waals surface area contributed by atoms with Crippen LogP contribution in [-0.2, 0) is 13.1 Å². The predicted octanol–water partition coefficient (Wildman–Crippen LogP) is 3.64. The smallest absolute Gasteiger partial charge is 0.0645 e. The molecule has 1 aliphatic rings. The number of thiophene rings is 1. The van der Waals surface area contributed by atoms with Crippen LogP contribution in [0.2, 0.25) is 0 Å². The van der Waals surface area contributed by atoms with Gasteiger partial charge in [0.2, 0.25) is 0 Å². The summed E-state index contributed by atoms with van der Waals surface area (Å²) in [6.45, 7) is 6.71. The number of rotatable bonds is 5. The van der Waals surface area contributed by atoms with Crippen LogP contribution >= 0.6 is 11.3 Å². The molecule has 130 valence electrons. The van der Waals surface area contributed by atoms with Crippen molar-refractivity contribution in [1.29, 1.82) is 0 Å². The van der Waals surface area contributed by atoms with E-state index in [-0.39, 0.29) is 0 Å². The van der Waals surface area contributed by atoms with Gasteiger partial charge in [-0.25, -0.2) is 4.68 Å². The fourth-order valence-electron chi connectivity index (χ4n) is 3.39. The first kappa shape index (κ1) is 16.5. The Bertz CT molecular complexity index is 766. The minimum Gasteiger partial charge on any atom is -0.298 e. The van der Waals surface area contributed by atoms with Crippen molar-refractivity contribution >= 4 is 11.3 Å². The van der Waals surface area contributed by atoms with E-state index in [0.29, 0.717) is 0 Å². The average Bonchev–Trinajstić information content (AvgIpc) is 3.27. The molecule has 4 rings (SSSR count). The second kappa shape index (κ2) is 7.95. The maximum Gasteiger partial charge on any atom is 0.0645 e. The van der Waals surface area contributed by atoms with Crippen molar-refractivity contribution in [1.82, 2.24) is 19.6 Å². The minimum absolute atomic E-state index is 0.986. The average molecular weight is 353 g/mol. The molecule has 0 aliphatic carbocycles. The summed E-state index contributed by atoms with van der Waals surface area (Å²) in [5, 5.41) is 6.69. The fourth-order valence-corrected chi connectivity index (χ4v) is 4.13. The minimum atomic E-state index is 0.986. The van der Waals surface area contributed by atoms with Gasteiger partial charge in [-0.15, -0.1) is 11.3 Å². The second-order valence-electron chi connectivity index (χ2n) is 6.61. The highest BCUT2D eigenvalue weighted by molar-refractivity contribution is 7.09. The molecule has 1 aliphatic heterocycles. The molecule has 3 heterocycles. The first-order valence-electron chi connectivity index (χ1n) is 8.93. The van der Waals surface area contributed by atoms with E-state index in [9.17, 15) is 0 Å². The van der Waals surface area contributed by atoms with E-state index >= 15 is 0 Å². The van der Waals surface area contributed by atoms with Gasteiger partial charge in [0.25, 0.3) is 0 Å². The topological polar surface area (TPSA) is 24.3 Å². The zero-order valence-corrected chi connectivity index (χ0v) is 15.2. The standard InChI is InChI=1S/C20H24N4S/c1-2-6-19(7-3-1)24-16-18(14-21-24)15-22-9-5-10-23(12-11-22)17-20-8-4-13-25-20/h1-4,6-8,13-14,16H,5,9-12,15,17H2. The van der Waals surface area contributed by atoms with Crippen LogP contribution in [0.25, 0.3) is 5.69 Å². The van der Waals surface area contributed by atoms with Crippen LogP contribution in [0, 0.1) is 0 Å². The summed E-state index contributed by atoms with van der Waals surface area (Å²) >= 11 is 1.86. The molecule has 0 amide bonds. The lowest BCUT2D eigenvalue weighted by Crippen LogP contribution is -2.30. The molecular weight excluding hydrogens is 328 g/mol. The van der Waals surface area contributed by atoms with Gasteiger partial charge in [-0.2, -0.15) is 5.10 Å². The Morgan fingerprint density at radius 3 is 2.44 bits per heavy atom. The van der Waals surface area contributed by atoms with Gasteiger partial charge in [0.1, 0.15) is 0 Å². The largest absolute Gasteiger partial charge is 0.298 e. The SMILES string of the molecule is c1ccc(-n2cc(CN3CCCN(Cc4cccs4)CC3)cn2)cc1. The van der Waals surface area contributed by atoms with Crippen LogP contribution in [0.15, 0.2) is 60.2 Å². The molecule has 1 fully saturated rings. The van der Waals surface area contributed by atoms with Crippen LogP contribution in [0.1, 0.15) is 16.9 Å². The summed E-state index contributed by atoms with van der Waals surface area (Å²) in [6, 6.07) is 14.7. The third-order valence-corrected chi connectivity index (χ3v) is 5.56. The lowest BCUT2D eigenvalue weighted by molar-refractivity contribution is 0.248. The molecule has 4 nitrogen and oxygen atoms in total. The van der Waals surface area contributed by atoms with Gasteiger partial charge in [-0.1, -0.05) is 24.3 Å². The Morgan fingerprint density at radius 2 is 1.68 bits per heavy atom. The van der Waals surface area contributed by atoms with Crippen LogP contribution in [-0.4, -0.2) is 45.8 Å². The summed E-state index contributed by atoms with van der Waals surface area (Å²) in [5.74, 6) is 0. The number of nitrogens with zero attached hydrogens (tertiary/aromatic N) is 4. The van der Waals surface area contributed by atoms with Crippen molar-refractivity contribution < 1.29 is 0 Å². The molecule has 0 bridgehead atoms. The number of hydrogen-bond donors (Lipinski definition) is 0. The number of hydrogen-bond acceptors (Lipinski definition) is 4. The molecule has 0 saturated carbocycles. The molecular formula is C20H24N4S. The zero-order valence-electron chi connectivity index (χ0n) is 14.4. The van der Waals surface area contributed by atoms with Crippen LogP contribution in [0.5, 0.6) is 0 Å². The van der Waals surface area contributed by atoms with Crippen LogP contribution in [0.4, 0.5) is 0 Å². The Kier molecular flexibility index (Phi) is 5.25. The third kappa shape index (κ3) is 4.37. The lowest BCUT2D eigenvalue weighted by Gasteiger charge is -2.20. The van der Waals surface area contributed by atoms with Gasteiger partial charge < -0.3 is 0 Å². The van der Waals surface area contributed by atoms with E-state index in [4.69, 9.17) is 0 Å². The van der Waals surface area contributed by atoms with Crippen LogP contribution < -0.4 is 0 Å². The van der Waals surface area contributed by atoms with E-state index in [1.54, 1.807) is 0 Å². The van der Waals surface area contributed by atoms with Gasteiger partial charge in [0.15, 0.2) is 0 Å². The molecule has 0 unspecified atom stereocenters. The molecule has 0 N–H and O–H groups in total.